The van der Waals surface area contributed by atoms with Gasteiger partial charge in [-0.1, -0.05) is 41.6 Å². The van der Waals surface area contributed by atoms with Crippen LogP contribution in [0.2, 0.25) is 0 Å². The number of nitrogens with two attached hydrogens (primary N) is 1. The van der Waals surface area contributed by atoms with Crippen LogP contribution in [0.1, 0.15) is 21.7 Å². The molecule has 0 aliphatic rings. The van der Waals surface area contributed by atoms with Crippen LogP contribution < -0.4 is 16.5 Å². The molecule has 3 aromatic heterocycles. The molecular formula is C21H18N10O2. The number of H-pyrrole nitrogens is 1. The van der Waals surface area contributed by atoms with Crippen molar-refractivity contribution in [2.75, 3.05) is 11.1 Å². The van der Waals surface area contributed by atoms with E-state index in [2.05, 4.69) is 46.1 Å². The molecule has 164 valence electrons. The Hall–Kier alpha value is -5.00. The van der Waals surface area contributed by atoms with Gasteiger partial charge in [-0.15, -0.1) is 5.10 Å². The van der Waals surface area contributed by atoms with Crippen LogP contribution in [0.5, 0.6) is 0 Å². The van der Waals surface area contributed by atoms with Crippen molar-refractivity contribution in [3.8, 4) is 5.82 Å². The van der Waals surface area contributed by atoms with Gasteiger partial charge in [0, 0.05) is 28.4 Å². The van der Waals surface area contributed by atoms with Crippen molar-refractivity contribution in [3.05, 3.63) is 77.7 Å². The van der Waals surface area contributed by atoms with E-state index in [0.717, 1.165) is 22.2 Å². The lowest BCUT2D eigenvalue weighted by atomic mass is 10.2. The predicted molar refractivity (Wildman–Crippen MR) is 121 cm³/mol. The van der Waals surface area contributed by atoms with Crippen molar-refractivity contribution in [2.24, 2.45) is 5.10 Å². The SMILES string of the molecule is Nc1nonc1-n1nnc(C(=O)NN=Cc2c[nH]c3ccccc23)c1CNc1ccccc1. The standard InChI is InChI=1S/C21H18N10O2/c22-19-20(29-33-28-19)31-17(12-23-14-6-2-1-3-7-14)18(26-30-31)21(32)27-25-11-13-10-24-16-9-5-4-8-15(13)16/h1-11,23-24H,12H2,(H2,22,28)(H,27,32). The molecule has 0 radical (unpaired) electrons. The zero-order valence-electron chi connectivity index (χ0n) is 17.1. The maximum atomic E-state index is 12.9. The van der Waals surface area contributed by atoms with Gasteiger partial charge in [0.15, 0.2) is 5.69 Å². The predicted octanol–water partition coefficient (Wildman–Crippen LogP) is 2.09. The summed E-state index contributed by atoms with van der Waals surface area (Å²) in [5, 5.41) is 23.6. The van der Waals surface area contributed by atoms with Gasteiger partial charge in [0.05, 0.1) is 18.5 Å². The zero-order chi connectivity index (χ0) is 22.6. The van der Waals surface area contributed by atoms with Crippen molar-refractivity contribution in [2.45, 2.75) is 6.54 Å². The molecule has 5 aromatic rings. The largest absolute Gasteiger partial charge is 0.379 e. The summed E-state index contributed by atoms with van der Waals surface area (Å²) in [6.07, 6.45) is 3.37. The Labute approximate surface area is 186 Å². The number of nitrogens with one attached hydrogen (secondary N) is 3. The Bertz CT molecular complexity index is 1430. The summed E-state index contributed by atoms with van der Waals surface area (Å²) in [5.41, 5.74) is 11.4. The van der Waals surface area contributed by atoms with Gasteiger partial charge < -0.3 is 16.0 Å². The van der Waals surface area contributed by atoms with Crippen LogP contribution in [-0.4, -0.2) is 42.4 Å². The lowest BCUT2D eigenvalue weighted by Gasteiger charge is -2.08. The minimum Gasteiger partial charge on any atom is -0.379 e. The third kappa shape index (κ3) is 3.99. The highest BCUT2D eigenvalue weighted by molar-refractivity contribution is 6.00. The molecule has 12 nitrogen and oxygen atoms in total. The Morgan fingerprint density at radius 3 is 2.79 bits per heavy atom. The molecule has 1 amide bonds. The molecule has 2 aromatic carbocycles. The molecule has 0 unspecified atom stereocenters. The topological polar surface area (TPSA) is 165 Å². The number of rotatable bonds is 7. The number of nitrogen functional groups attached to an aromatic ring is 1. The molecule has 0 spiro atoms. The van der Waals surface area contributed by atoms with Crippen LogP contribution in [0.25, 0.3) is 16.7 Å². The van der Waals surface area contributed by atoms with E-state index in [9.17, 15) is 4.79 Å². The first-order valence-electron chi connectivity index (χ1n) is 9.92. The number of nitrogens with zero attached hydrogens (tertiary/aromatic N) is 6. The third-order valence-electron chi connectivity index (χ3n) is 4.90. The number of aromatic amines is 1. The Morgan fingerprint density at radius 2 is 1.97 bits per heavy atom. The first-order valence-corrected chi connectivity index (χ1v) is 9.92. The van der Waals surface area contributed by atoms with Crippen LogP contribution in [0, 0.1) is 0 Å². The molecule has 0 saturated carbocycles. The first-order chi connectivity index (χ1) is 16.2. The van der Waals surface area contributed by atoms with Crippen molar-refractivity contribution < 1.29 is 9.42 Å². The van der Waals surface area contributed by atoms with Gasteiger partial charge in [-0.2, -0.15) is 9.78 Å². The molecular weight excluding hydrogens is 424 g/mol. The lowest BCUT2D eigenvalue weighted by molar-refractivity contribution is 0.0949. The van der Waals surface area contributed by atoms with E-state index in [1.165, 1.54) is 4.68 Å². The van der Waals surface area contributed by atoms with Crippen LogP contribution in [0.3, 0.4) is 0 Å². The number of amides is 1. The Morgan fingerprint density at radius 1 is 1.15 bits per heavy atom. The minimum absolute atomic E-state index is 0.0187. The molecule has 0 atom stereocenters. The van der Waals surface area contributed by atoms with Crippen LogP contribution in [0.4, 0.5) is 11.5 Å². The molecule has 0 saturated heterocycles. The second-order valence-electron chi connectivity index (χ2n) is 6.98. The van der Waals surface area contributed by atoms with Gasteiger partial charge in [0.2, 0.25) is 11.6 Å². The fourth-order valence-corrected chi connectivity index (χ4v) is 3.30. The molecule has 0 aliphatic carbocycles. The fourth-order valence-electron chi connectivity index (χ4n) is 3.30. The van der Waals surface area contributed by atoms with Gasteiger partial charge in [-0.3, -0.25) is 4.79 Å². The van der Waals surface area contributed by atoms with Crippen LogP contribution in [0.15, 0.2) is 70.5 Å². The third-order valence-corrected chi connectivity index (χ3v) is 4.90. The quantitative estimate of drug-likeness (QED) is 0.220. The second-order valence-corrected chi connectivity index (χ2v) is 6.98. The highest BCUT2D eigenvalue weighted by atomic mass is 16.6. The van der Waals surface area contributed by atoms with E-state index in [1.54, 1.807) is 6.21 Å². The highest BCUT2D eigenvalue weighted by Crippen LogP contribution is 2.18. The van der Waals surface area contributed by atoms with Gasteiger partial charge in [-0.25, -0.2) is 10.1 Å². The van der Waals surface area contributed by atoms with Gasteiger partial charge in [0.1, 0.15) is 0 Å². The van der Waals surface area contributed by atoms with Gasteiger partial charge in [-0.05, 0) is 28.5 Å². The normalized spacial score (nSPS) is 11.3. The maximum Gasteiger partial charge on any atom is 0.293 e. The van der Waals surface area contributed by atoms with Crippen molar-refractivity contribution in [1.29, 1.82) is 0 Å². The number of fused-ring (bicyclic) bond motifs is 1. The number of carbonyl (C=O) groups excluding carboxylic acids is 1. The average Bonchev–Trinajstić information content (AvgIpc) is 3.56. The number of para-hydroxylation sites is 2. The second kappa shape index (κ2) is 8.63. The maximum absolute atomic E-state index is 12.9. The zero-order valence-corrected chi connectivity index (χ0v) is 17.1. The number of anilines is 2. The number of carbonyl (C=O) groups is 1. The molecule has 5 rings (SSSR count). The molecule has 5 N–H and O–H groups in total. The first kappa shape index (κ1) is 19.9. The Balaban J connectivity index is 1.39. The van der Waals surface area contributed by atoms with E-state index in [-0.39, 0.29) is 23.9 Å². The molecule has 0 aliphatic heterocycles. The summed E-state index contributed by atoms with van der Waals surface area (Å²) in [6, 6.07) is 17.3. The number of benzene rings is 2. The van der Waals surface area contributed by atoms with Crippen molar-refractivity contribution >= 4 is 34.5 Å². The number of hydrogen-bond acceptors (Lipinski definition) is 9. The van der Waals surface area contributed by atoms with Gasteiger partial charge >= 0.3 is 0 Å². The summed E-state index contributed by atoms with van der Waals surface area (Å²) in [7, 11) is 0. The molecule has 12 heteroatoms. The summed E-state index contributed by atoms with van der Waals surface area (Å²) >= 11 is 0. The molecule has 33 heavy (non-hydrogen) atoms. The molecule has 0 bridgehead atoms. The fraction of sp³-hybridized carbons (Fsp3) is 0.0476. The van der Waals surface area contributed by atoms with Crippen molar-refractivity contribution in [1.82, 2.24) is 35.7 Å². The monoisotopic (exact) mass is 442 g/mol. The van der Waals surface area contributed by atoms with E-state index in [1.807, 2.05) is 60.8 Å². The summed E-state index contributed by atoms with van der Waals surface area (Å²) in [6.45, 7) is 0.207. The molecule has 0 fully saturated rings. The number of hydrazone groups is 1. The average molecular weight is 442 g/mol. The van der Waals surface area contributed by atoms with Crippen molar-refractivity contribution in [3.63, 3.8) is 0 Å². The Kier molecular flexibility index (Phi) is 5.21. The smallest absolute Gasteiger partial charge is 0.293 e. The summed E-state index contributed by atoms with van der Waals surface area (Å²) in [5.74, 6) is -0.392. The lowest BCUT2D eigenvalue weighted by Crippen LogP contribution is -2.21. The summed E-state index contributed by atoms with van der Waals surface area (Å²) < 4.78 is 5.97. The van der Waals surface area contributed by atoms with E-state index >= 15 is 0 Å². The van der Waals surface area contributed by atoms with E-state index < -0.39 is 5.91 Å². The summed E-state index contributed by atoms with van der Waals surface area (Å²) in [4.78, 5) is 16.0. The molecule has 3 heterocycles. The van der Waals surface area contributed by atoms with Crippen LogP contribution >= 0.6 is 0 Å². The number of aromatic nitrogens is 6. The minimum atomic E-state index is -0.544. The number of hydrogen-bond donors (Lipinski definition) is 4. The van der Waals surface area contributed by atoms with E-state index in [0.29, 0.717) is 5.69 Å². The van der Waals surface area contributed by atoms with E-state index in [4.69, 9.17) is 5.73 Å². The van der Waals surface area contributed by atoms with Gasteiger partial charge in [0.25, 0.3) is 5.91 Å². The van der Waals surface area contributed by atoms with Crippen LogP contribution in [-0.2, 0) is 6.54 Å². The highest BCUT2D eigenvalue weighted by Gasteiger charge is 2.23.